The number of nitrogens with two attached hydrogens (primary N) is 5. The second-order valence-corrected chi connectivity index (χ2v) is 13.8. The lowest BCUT2D eigenvalue weighted by atomic mass is 9.95. The van der Waals surface area contributed by atoms with Gasteiger partial charge in [-0.1, -0.05) is 0 Å². The summed E-state index contributed by atoms with van der Waals surface area (Å²) in [6, 6.07) is -5.60. The van der Waals surface area contributed by atoms with Crippen molar-refractivity contribution in [1.82, 2.24) is 31.9 Å². The number of rotatable bonds is 25. The molecule has 0 aromatic rings. The van der Waals surface area contributed by atoms with Gasteiger partial charge in [0.15, 0.2) is 18.2 Å². The first-order valence-electron chi connectivity index (χ1n) is 18.4. The molecule has 20 N–H and O–H groups in total. The predicted molar refractivity (Wildman–Crippen MR) is 198 cm³/mol. The largest absolute Gasteiger partial charge is 0.480 e. The first-order chi connectivity index (χ1) is 26.4. The Labute approximate surface area is 323 Å². The lowest BCUT2D eigenvalue weighted by Crippen LogP contribution is -2.69. The minimum atomic E-state index is -1.75. The number of hydrogen-bond acceptors (Lipinski definition) is 19. The van der Waals surface area contributed by atoms with Crippen LogP contribution in [-0.2, 0) is 33.4 Å². The molecule has 5 unspecified atom stereocenters. The van der Waals surface area contributed by atoms with Crippen LogP contribution in [0.25, 0.3) is 0 Å². The van der Waals surface area contributed by atoms with Crippen molar-refractivity contribution >= 4 is 41.5 Å². The van der Waals surface area contributed by atoms with Crippen molar-refractivity contribution in [1.29, 1.82) is 0 Å². The highest BCUT2D eigenvalue weighted by Gasteiger charge is 2.47. The van der Waals surface area contributed by atoms with Crippen LogP contribution in [0.5, 0.6) is 0 Å². The Kier molecular flexibility index (Phi) is 20.8. The number of Topliss-reactive ketones (excluding diaryl/α,β-unsaturated/α-hetero) is 1. The van der Waals surface area contributed by atoms with Crippen LogP contribution >= 0.6 is 0 Å². The number of aliphatic hydroxyl groups excluding tert-OH is 3. The molecule has 2 aliphatic rings. The fourth-order valence-corrected chi connectivity index (χ4v) is 6.11. The summed E-state index contributed by atoms with van der Waals surface area (Å²) >= 11 is 0. The standard InChI is InChI=1S/C32H60N12O12/c1-15(45)40-18(5-3-9-39-21(47)11-16(34)4-2-8-38-13-19(46)10-17(35)6-7-33)12-22(48)41-25-27(50)26(49)20(14-55-31(37)54)56-29(25)44-32-42-23(28(36)51)24(43-32)30(52)53/h16-18,20,23-29,38,49-51H,2-14,33-36H2,1H3,(H2,37,54)(H,39,47)(H,40,45)(H,41,48)(H,52,53)(H2,42,43,44)/t16-,17+,18-,20?,23-,24-,25?,26?,27?,28-,29?/m0/s1. The number of carbonyl (C=O) groups excluding carboxylic acids is 5. The number of amides is 4. The fraction of sp³-hybridized carbons (Fsp3) is 0.781. The zero-order valence-corrected chi connectivity index (χ0v) is 31.4. The number of primary amides is 1. The van der Waals surface area contributed by atoms with Crippen LogP contribution in [0.4, 0.5) is 4.79 Å². The molecule has 24 heteroatoms. The molecular formula is C32H60N12O12. The van der Waals surface area contributed by atoms with Gasteiger partial charge in [0.2, 0.25) is 17.7 Å². The number of carbonyl (C=O) groups is 6. The Morgan fingerprint density at radius 2 is 1.62 bits per heavy atom. The molecule has 1 fully saturated rings. The summed E-state index contributed by atoms with van der Waals surface area (Å²) in [6.45, 7) is 2.03. The fourth-order valence-electron chi connectivity index (χ4n) is 6.11. The molecule has 24 nitrogen and oxygen atoms in total. The molecule has 0 aromatic carbocycles. The maximum atomic E-state index is 13.3. The van der Waals surface area contributed by atoms with Crippen molar-refractivity contribution in [3.05, 3.63) is 0 Å². The van der Waals surface area contributed by atoms with Crippen LogP contribution in [-0.4, -0.2) is 162 Å². The SMILES string of the molecule is CC(=O)N[C@@H](CCCNC(=O)C[C@@H](N)CCCNCC(=O)C[C@H](N)CCN)CC(=O)NC1C(NC2=N[C@H](C(=O)O)[C@@H]([C@@H](N)O)N2)OC(COC(N)=O)C(O)C1O. The molecule has 11 atom stereocenters. The average Bonchev–Trinajstić information content (AvgIpc) is 3.53. The molecule has 0 aliphatic carbocycles. The number of carboxylic acids is 1. The van der Waals surface area contributed by atoms with E-state index in [0.717, 1.165) is 0 Å². The number of guanidine groups is 1. The van der Waals surface area contributed by atoms with Gasteiger partial charge in [-0.15, -0.1) is 0 Å². The molecule has 4 amide bonds. The van der Waals surface area contributed by atoms with Gasteiger partial charge in [-0.05, 0) is 45.2 Å². The summed E-state index contributed by atoms with van der Waals surface area (Å²) in [5.41, 5.74) is 27.9. The highest BCUT2D eigenvalue weighted by atomic mass is 16.6. The average molecular weight is 805 g/mol. The number of aliphatic hydroxyl groups is 3. The molecule has 0 bridgehead atoms. The molecule has 0 spiro atoms. The van der Waals surface area contributed by atoms with Crippen molar-refractivity contribution in [2.75, 3.05) is 32.8 Å². The van der Waals surface area contributed by atoms with Crippen LogP contribution in [0, 0.1) is 0 Å². The number of carboxylic acid groups (broad SMARTS) is 1. The third kappa shape index (κ3) is 17.3. The van der Waals surface area contributed by atoms with Gasteiger partial charge >= 0.3 is 12.1 Å². The van der Waals surface area contributed by atoms with Crippen molar-refractivity contribution in [3.63, 3.8) is 0 Å². The molecule has 1 saturated heterocycles. The van der Waals surface area contributed by atoms with Gasteiger partial charge in [0.25, 0.3) is 0 Å². The Balaban J connectivity index is 1.91. The maximum absolute atomic E-state index is 13.3. The van der Waals surface area contributed by atoms with Gasteiger partial charge in [-0.3, -0.25) is 19.2 Å². The number of nitrogens with one attached hydrogen (secondary N) is 6. The summed E-state index contributed by atoms with van der Waals surface area (Å²) in [4.78, 5) is 76.5. The smallest absolute Gasteiger partial charge is 0.404 e. The third-order valence-corrected chi connectivity index (χ3v) is 8.89. The first-order valence-corrected chi connectivity index (χ1v) is 18.4. The van der Waals surface area contributed by atoms with E-state index in [-0.39, 0.29) is 62.5 Å². The molecule has 2 aliphatic heterocycles. The summed E-state index contributed by atoms with van der Waals surface area (Å²) in [5, 5.41) is 57.4. The van der Waals surface area contributed by atoms with Gasteiger partial charge < -0.3 is 90.5 Å². The number of nitrogens with zero attached hydrogens (tertiary/aromatic N) is 1. The third-order valence-electron chi connectivity index (χ3n) is 8.89. The van der Waals surface area contributed by atoms with E-state index in [0.29, 0.717) is 38.8 Å². The highest BCUT2D eigenvalue weighted by molar-refractivity contribution is 5.89. The summed E-state index contributed by atoms with van der Waals surface area (Å²) in [5.74, 6) is -3.08. The van der Waals surface area contributed by atoms with E-state index in [2.05, 4.69) is 36.9 Å². The van der Waals surface area contributed by atoms with Crippen molar-refractivity contribution < 1.29 is 58.7 Å². The van der Waals surface area contributed by atoms with E-state index in [9.17, 15) is 49.2 Å². The molecule has 320 valence electrons. The van der Waals surface area contributed by atoms with E-state index in [1.54, 1.807) is 0 Å². The Morgan fingerprint density at radius 1 is 0.946 bits per heavy atom. The topological polar surface area (TPSA) is 416 Å². The number of aliphatic imine (C=N–C) groups is 1. The van der Waals surface area contributed by atoms with Gasteiger partial charge in [0.1, 0.15) is 49.0 Å². The van der Waals surface area contributed by atoms with Crippen LogP contribution in [0.3, 0.4) is 0 Å². The van der Waals surface area contributed by atoms with Crippen molar-refractivity contribution in [2.24, 2.45) is 33.7 Å². The minimum absolute atomic E-state index is 0.00517. The first kappa shape index (κ1) is 47.9. The minimum Gasteiger partial charge on any atom is -0.480 e. The normalized spacial score (nSPS) is 25.4. The molecule has 0 saturated carbocycles. The second kappa shape index (κ2) is 24.4. The number of aliphatic carboxylic acids is 1. The van der Waals surface area contributed by atoms with Gasteiger partial charge in [-0.2, -0.15) is 0 Å². The highest BCUT2D eigenvalue weighted by Crippen LogP contribution is 2.22. The molecule has 2 rings (SSSR count). The summed E-state index contributed by atoms with van der Waals surface area (Å²) < 4.78 is 10.5. The Hall–Kier alpha value is -4.27. The quantitative estimate of drug-likeness (QED) is 0.0301. The lowest BCUT2D eigenvalue weighted by molar-refractivity contribution is -0.198. The maximum Gasteiger partial charge on any atom is 0.404 e. The number of ketones is 1. The van der Waals surface area contributed by atoms with Crippen LogP contribution in [0.2, 0.25) is 0 Å². The van der Waals surface area contributed by atoms with Crippen molar-refractivity contribution in [2.45, 2.75) is 125 Å². The summed E-state index contributed by atoms with van der Waals surface area (Å²) in [6.07, 6.45) is -6.73. The second-order valence-electron chi connectivity index (χ2n) is 13.8. The Bertz CT molecular complexity index is 1340. The number of hydrogen-bond donors (Lipinski definition) is 15. The monoisotopic (exact) mass is 804 g/mol. The zero-order valence-electron chi connectivity index (χ0n) is 31.4. The molecule has 2 heterocycles. The van der Waals surface area contributed by atoms with Gasteiger partial charge in [-0.25, -0.2) is 14.6 Å². The van der Waals surface area contributed by atoms with Crippen LogP contribution in [0.15, 0.2) is 4.99 Å². The zero-order chi connectivity index (χ0) is 41.9. The van der Waals surface area contributed by atoms with Crippen LogP contribution in [0.1, 0.15) is 58.3 Å². The predicted octanol–water partition coefficient (Wildman–Crippen LogP) is -6.83. The molecule has 0 aromatic heterocycles. The van der Waals surface area contributed by atoms with E-state index >= 15 is 0 Å². The van der Waals surface area contributed by atoms with Crippen LogP contribution < -0.4 is 60.6 Å². The van der Waals surface area contributed by atoms with E-state index in [4.69, 9.17) is 38.1 Å². The van der Waals surface area contributed by atoms with E-state index in [1.165, 1.54) is 6.92 Å². The van der Waals surface area contributed by atoms with Crippen molar-refractivity contribution in [3.8, 4) is 0 Å². The molecular weight excluding hydrogens is 744 g/mol. The van der Waals surface area contributed by atoms with E-state index < -0.39 is 91.5 Å². The van der Waals surface area contributed by atoms with E-state index in [1.807, 2.05) is 0 Å². The number of ether oxygens (including phenoxy) is 2. The molecule has 0 radical (unpaired) electrons. The molecule has 56 heavy (non-hydrogen) atoms. The lowest BCUT2D eigenvalue weighted by Gasteiger charge is -2.43. The van der Waals surface area contributed by atoms with Gasteiger partial charge in [0, 0.05) is 50.9 Å². The van der Waals surface area contributed by atoms with Gasteiger partial charge in [0.05, 0.1) is 6.54 Å². The summed E-state index contributed by atoms with van der Waals surface area (Å²) in [7, 11) is 0. The Morgan fingerprint density at radius 3 is 2.23 bits per heavy atom.